The number of carbonyl (C=O) groups is 1. The molecular weight excluding hydrogens is 259 g/mol. The molecular formula is C13H25KO4. The van der Waals surface area contributed by atoms with E-state index in [9.17, 15) is 4.79 Å². The number of rotatable bonds is 6. The topological polar surface area (TPSA) is 44.8 Å². The van der Waals surface area contributed by atoms with Crippen molar-refractivity contribution in [2.24, 2.45) is 0 Å². The van der Waals surface area contributed by atoms with Gasteiger partial charge in [-0.1, -0.05) is 6.42 Å². The van der Waals surface area contributed by atoms with Crippen LogP contribution in [-0.4, -0.2) is 32.1 Å². The molecule has 102 valence electrons. The van der Waals surface area contributed by atoms with Gasteiger partial charge in [0.2, 0.25) is 0 Å². The van der Waals surface area contributed by atoms with Gasteiger partial charge in [0.1, 0.15) is 6.10 Å². The van der Waals surface area contributed by atoms with Crippen LogP contribution in [0.2, 0.25) is 0 Å². The fraction of sp³-hybridized carbons (Fsp3) is 0.923. The van der Waals surface area contributed by atoms with Crippen LogP contribution in [0.1, 0.15) is 53.3 Å². The van der Waals surface area contributed by atoms with Gasteiger partial charge in [-0.15, -0.1) is 0 Å². The molecule has 0 radical (unpaired) electrons. The number of esters is 1. The average molecular weight is 284 g/mol. The van der Waals surface area contributed by atoms with Gasteiger partial charge in [0.05, 0.1) is 6.42 Å². The van der Waals surface area contributed by atoms with Crippen LogP contribution in [0.5, 0.6) is 0 Å². The van der Waals surface area contributed by atoms with Crippen molar-refractivity contribution in [1.29, 1.82) is 0 Å². The predicted molar refractivity (Wildman–Crippen MR) is 65.7 cm³/mol. The first-order valence-corrected chi connectivity index (χ1v) is 6.39. The molecule has 1 aliphatic carbocycles. The smallest absolute Gasteiger partial charge is 1.00 e. The minimum Gasteiger partial charge on any atom is -1.00 e. The van der Waals surface area contributed by atoms with Crippen molar-refractivity contribution in [3.05, 3.63) is 0 Å². The standard InChI is InChI=1S/C13H24O4.K.H/c1-13(15-2,16-3)10-9-12(14)17-11-7-5-4-6-8-11;;/h11H,4-10H2,1-3H3;;/q;+1;-1. The Morgan fingerprint density at radius 3 is 2.28 bits per heavy atom. The maximum absolute atomic E-state index is 11.7. The molecule has 18 heavy (non-hydrogen) atoms. The molecule has 0 heterocycles. The van der Waals surface area contributed by atoms with E-state index in [4.69, 9.17) is 14.2 Å². The van der Waals surface area contributed by atoms with Crippen molar-refractivity contribution in [3.63, 3.8) is 0 Å². The van der Waals surface area contributed by atoms with Gasteiger partial charge in [0.15, 0.2) is 5.79 Å². The van der Waals surface area contributed by atoms with Crippen LogP contribution in [-0.2, 0) is 19.0 Å². The van der Waals surface area contributed by atoms with Crippen molar-refractivity contribution >= 4 is 5.97 Å². The summed E-state index contributed by atoms with van der Waals surface area (Å²) in [5.41, 5.74) is 0. The Balaban J connectivity index is 0. The van der Waals surface area contributed by atoms with Gasteiger partial charge in [-0.05, 0) is 32.6 Å². The number of ether oxygens (including phenoxy) is 3. The number of hydrogen-bond donors (Lipinski definition) is 0. The molecule has 0 saturated heterocycles. The molecule has 0 aromatic heterocycles. The van der Waals surface area contributed by atoms with Crippen molar-refractivity contribution in [2.75, 3.05) is 14.2 Å². The largest absolute Gasteiger partial charge is 1.00 e. The third kappa shape index (κ3) is 6.98. The molecule has 0 spiro atoms. The molecule has 1 fully saturated rings. The van der Waals surface area contributed by atoms with Crippen LogP contribution >= 0.6 is 0 Å². The summed E-state index contributed by atoms with van der Waals surface area (Å²) >= 11 is 0. The summed E-state index contributed by atoms with van der Waals surface area (Å²) in [6, 6.07) is 0. The Labute approximate surface area is 154 Å². The molecule has 0 aromatic rings. The second-order valence-electron chi connectivity index (χ2n) is 4.79. The van der Waals surface area contributed by atoms with Crippen molar-refractivity contribution in [3.8, 4) is 0 Å². The molecule has 1 saturated carbocycles. The molecule has 0 atom stereocenters. The summed E-state index contributed by atoms with van der Waals surface area (Å²) in [6.07, 6.45) is 6.62. The van der Waals surface area contributed by atoms with Crippen LogP contribution in [0.15, 0.2) is 0 Å². The molecule has 1 aliphatic rings. The summed E-state index contributed by atoms with van der Waals surface area (Å²) < 4.78 is 15.8. The third-order valence-corrected chi connectivity index (χ3v) is 3.50. The van der Waals surface area contributed by atoms with Gasteiger partial charge in [-0.2, -0.15) is 0 Å². The average Bonchev–Trinajstić information content (AvgIpc) is 2.37. The second-order valence-corrected chi connectivity index (χ2v) is 4.79. The molecule has 4 nitrogen and oxygen atoms in total. The van der Waals surface area contributed by atoms with Gasteiger partial charge >= 0.3 is 57.4 Å². The van der Waals surface area contributed by atoms with E-state index >= 15 is 0 Å². The minimum absolute atomic E-state index is 0. The van der Waals surface area contributed by atoms with Gasteiger partial charge < -0.3 is 15.6 Å². The van der Waals surface area contributed by atoms with Crippen LogP contribution < -0.4 is 51.4 Å². The Kier molecular flexibility index (Phi) is 10.4. The molecule has 0 N–H and O–H groups in total. The van der Waals surface area contributed by atoms with Crippen LogP contribution in [0.4, 0.5) is 0 Å². The zero-order valence-electron chi connectivity index (χ0n) is 13.2. The summed E-state index contributed by atoms with van der Waals surface area (Å²) in [5.74, 6) is -0.830. The molecule has 0 bridgehead atoms. The summed E-state index contributed by atoms with van der Waals surface area (Å²) in [7, 11) is 3.16. The van der Waals surface area contributed by atoms with Crippen molar-refractivity contribution < 1.29 is 71.8 Å². The zero-order valence-corrected chi connectivity index (χ0v) is 15.3. The first kappa shape index (κ1) is 19.0. The Morgan fingerprint density at radius 2 is 1.78 bits per heavy atom. The van der Waals surface area contributed by atoms with E-state index in [-0.39, 0.29) is 64.9 Å². The quantitative estimate of drug-likeness (QED) is 0.384. The van der Waals surface area contributed by atoms with Crippen LogP contribution in [0, 0.1) is 0 Å². The molecule has 5 heteroatoms. The zero-order chi connectivity index (χ0) is 12.7. The number of hydrogen-bond acceptors (Lipinski definition) is 4. The molecule has 0 unspecified atom stereocenters. The summed E-state index contributed by atoms with van der Waals surface area (Å²) in [6.45, 7) is 1.82. The van der Waals surface area contributed by atoms with Gasteiger partial charge in [0, 0.05) is 20.6 Å². The van der Waals surface area contributed by atoms with E-state index in [2.05, 4.69) is 0 Å². The monoisotopic (exact) mass is 284 g/mol. The normalized spacial score (nSPS) is 17.1. The van der Waals surface area contributed by atoms with Crippen molar-refractivity contribution in [2.45, 2.75) is 63.8 Å². The van der Waals surface area contributed by atoms with Gasteiger partial charge in [0.25, 0.3) is 0 Å². The fourth-order valence-corrected chi connectivity index (χ4v) is 2.04. The van der Waals surface area contributed by atoms with Crippen LogP contribution in [0.25, 0.3) is 0 Å². The number of methoxy groups -OCH3 is 2. The minimum atomic E-state index is -0.689. The third-order valence-electron chi connectivity index (χ3n) is 3.50. The first-order valence-electron chi connectivity index (χ1n) is 6.39. The molecule has 0 aromatic carbocycles. The van der Waals surface area contributed by atoms with E-state index in [0.29, 0.717) is 12.8 Å². The van der Waals surface area contributed by atoms with Gasteiger partial charge in [-0.3, -0.25) is 4.79 Å². The Bertz CT molecular complexity index is 241. The predicted octanol–water partition coefficient (Wildman–Crippen LogP) is -0.232. The van der Waals surface area contributed by atoms with E-state index in [1.54, 1.807) is 14.2 Å². The van der Waals surface area contributed by atoms with Gasteiger partial charge in [-0.25, -0.2) is 0 Å². The Morgan fingerprint density at radius 1 is 1.22 bits per heavy atom. The second kappa shape index (κ2) is 9.86. The van der Waals surface area contributed by atoms with E-state index < -0.39 is 5.79 Å². The van der Waals surface area contributed by atoms with E-state index in [0.717, 1.165) is 12.8 Å². The van der Waals surface area contributed by atoms with E-state index in [1.165, 1.54) is 19.3 Å². The fourth-order valence-electron chi connectivity index (χ4n) is 2.04. The number of carbonyl (C=O) groups excluding carboxylic acids is 1. The molecule has 0 aliphatic heterocycles. The van der Waals surface area contributed by atoms with Crippen LogP contribution in [0.3, 0.4) is 0 Å². The molecule has 1 rings (SSSR count). The van der Waals surface area contributed by atoms with Crippen molar-refractivity contribution in [1.82, 2.24) is 0 Å². The summed E-state index contributed by atoms with van der Waals surface area (Å²) in [5, 5.41) is 0. The first-order chi connectivity index (χ1) is 8.09. The maximum atomic E-state index is 11.7. The molecule has 0 amide bonds. The SMILES string of the molecule is COC(C)(CCC(=O)OC1CCCCC1)OC.[H-].[K+]. The Hall–Kier alpha value is 1.03. The van der Waals surface area contributed by atoms with E-state index in [1.807, 2.05) is 6.92 Å². The maximum Gasteiger partial charge on any atom is 1.00 e. The summed E-state index contributed by atoms with van der Waals surface area (Å²) in [4.78, 5) is 11.7.